The van der Waals surface area contributed by atoms with E-state index < -0.39 is 10.8 Å². The summed E-state index contributed by atoms with van der Waals surface area (Å²) in [6.07, 6.45) is 14.1. The summed E-state index contributed by atoms with van der Waals surface area (Å²) in [5.74, 6) is 2.47. The zero-order valence-electron chi connectivity index (χ0n) is 24.2. The number of nitrogens with one attached hydrogen (secondary N) is 1. The number of nitrogens with two attached hydrogens (primary N) is 1. The van der Waals surface area contributed by atoms with E-state index in [9.17, 15) is 9.00 Å². The number of carbonyl (C=O) groups excluding carboxylic acids is 2. The summed E-state index contributed by atoms with van der Waals surface area (Å²) in [6, 6.07) is 6.12. The van der Waals surface area contributed by atoms with Crippen LogP contribution in [0.4, 0.5) is 5.69 Å². The molecule has 1 saturated carbocycles. The molecular formula is C29H54N2O4S. The largest absolute Gasteiger partial charge is 0.427 e. The maximum atomic E-state index is 11.0. The van der Waals surface area contributed by atoms with E-state index >= 15 is 0 Å². The Morgan fingerprint density at radius 3 is 2.11 bits per heavy atom. The van der Waals surface area contributed by atoms with Crippen molar-refractivity contribution in [1.29, 1.82) is 0 Å². The molecule has 6 nitrogen and oxygen atoms in total. The Balaban J connectivity index is -0.000000234. The molecule has 1 aliphatic rings. The molecule has 1 atom stereocenters. The van der Waals surface area contributed by atoms with E-state index in [-0.39, 0.29) is 0 Å². The van der Waals surface area contributed by atoms with E-state index in [2.05, 4.69) is 11.4 Å². The smallest absolute Gasteiger partial charge is 0.298 e. The van der Waals surface area contributed by atoms with Crippen molar-refractivity contribution < 1.29 is 18.5 Å². The Morgan fingerprint density at radius 1 is 1.06 bits per heavy atom. The Labute approximate surface area is 224 Å². The van der Waals surface area contributed by atoms with E-state index in [1.807, 2.05) is 98.7 Å². The zero-order chi connectivity index (χ0) is 28.6. The molecule has 0 saturated heterocycles. The molecule has 3 N–H and O–H groups in total. The molecule has 7 heteroatoms. The lowest BCUT2D eigenvalue weighted by atomic mass is 9.84. The second-order valence-corrected chi connectivity index (χ2v) is 8.23. The van der Waals surface area contributed by atoms with Crippen molar-refractivity contribution in [2.24, 2.45) is 5.73 Å². The molecule has 0 spiro atoms. The van der Waals surface area contributed by atoms with Crippen molar-refractivity contribution in [2.75, 3.05) is 30.4 Å². The van der Waals surface area contributed by atoms with Gasteiger partial charge in [-0.2, -0.15) is 0 Å². The SMILES string of the molecule is C/C=C\C=C/CS(=O)CCN.C=O.CC.CC.CC.CNc1ccc(C2CCCCC2)cc1OC=O. The van der Waals surface area contributed by atoms with Gasteiger partial charge in [0.25, 0.3) is 6.47 Å². The average Bonchev–Trinajstić information content (AvgIpc) is 2.96. The molecule has 1 aliphatic carbocycles. The molecule has 0 heterocycles. The molecule has 0 bridgehead atoms. The summed E-state index contributed by atoms with van der Waals surface area (Å²) in [5, 5.41) is 3.03. The van der Waals surface area contributed by atoms with E-state index in [0.29, 0.717) is 36.2 Å². The highest BCUT2D eigenvalue weighted by Crippen LogP contribution is 2.36. The summed E-state index contributed by atoms with van der Waals surface area (Å²) in [4.78, 5) is 18.5. The molecule has 210 valence electrons. The number of carbonyl (C=O) groups is 2. The Bertz CT molecular complexity index is 673. The molecule has 0 amide bonds. The maximum Gasteiger partial charge on any atom is 0.298 e. The van der Waals surface area contributed by atoms with Gasteiger partial charge in [0.1, 0.15) is 6.79 Å². The highest BCUT2D eigenvalue weighted by molar-refractivity contribution is 7.85. The molecule has 1 aromatic rings. The van der Waals surface area contributed by atoms with Gasteiger partial charge in [0, 0.05) is 35.9 Å². The highest BCUT2D eigenvalue weighted by Gasteiger charge is 2.17. The van der Waals surface area contributed by atoms with Crippen LogP contribution in [0.25, 0.3) is 0 Å². The average molecular weight is 527 g/mol. The van der Waals surface area contributed by atoms with Crippen molar-refractivity contribution in [2.45, 2.75) is 86.5 Å². The van der Waals surface area contributed by atoms with Crippen LogP contribution in [0.15, 0.2) is 42.5 Å². The predicted molar refractivity (Wildman–Crippen MR) is 161 cm³/mol. The second kappa shape index (κ2) is 34.9. The third kappa shape index (κ3) is 22.2. The first-order chi connectivity index (χ1) is 17.7. The number of benzene rings is 1. The van der Waals surface area contributed by atoms with Crippen LogP contribution in [0, 0.1) is 0 Å². The van der Waals surface area contributed by atoms with Gasteiger partial charge in [0.2, 0.25) is 0 Å². The van der Waals surface area contributed by atoms with Crippen molar-refractivity contribution in [3.05, 3.63) is 48.1 Å². The first kappa shape index (κ1) is 40.9. The van der Waals surface area contributed by atoms with Crippen LogP contribution >= 0.6 is 0 Å². The van der Waals surface area contributed by atoms with Gasteiger partial charge in [-0.3, -0.25) is 9.00 Å². The molecule has 0 aromatic heterocycles. The Kier molecular flexibility index (Phi) is 39.7. The van der Waals surface area contributed by atoms with Gasteiger partial charge >= 0.3 is 0 Å². The summed E-state index contributed by atoms with van der Waals surface area (Å²) < 4.78 is 16.0. The third-order valence-electron chi connectivity index (χ3n) is 4.59. The maximum absolute atomic E-state index is 11.0. The first-order valence-electron chi connectivity index (χ1n) is 13.2. The minimum Gasteiger partial charge on any atom is -0.427 e. The van der Waals surface area contributed by atoms with Gasteiger partial charge in [-0.05, 0) is 43.4 Å². The van der Waals surface area contributed by atoms with Crippen LogP contribution in [-0.4, -0.2) is 42.6 Å². The van der Waals surface area contributed by atoms with Gasteiger partial charge < -0.3 is 20.6 Å². The minimum absolute atomic E-state index is 0.487. The summed E-state index contributed by atoms with van der Waals surface area (Å²) in [6.45, 7) is 16.9. The van der Waals surface area contributed by atoms with Gasteiger partial charge in [0.05, 0.1) is 5.69 Å². The van der Waals surface area contributed by atoms with Crippen LogP contribution in [0.2, 0.25) is 0 Å². The number of hydrogen-bond donors (Lipinski definition) is 2. The molecule has 1 unspecified atom stereocenters. The van der Waals surface area contributed by atoms with Gasteiger partial charge in [-0.1, -0.05) is 91.2 Å². The molecule has 2 rings (SSSR count). The Hall–Kier alpha value is -2.25. The molecular weight excluding hydrogens is 472 g/mol. The van der Waals surface area contributed by atoms with Crippen LogP contribution < -0.4 is 15.8 Å². The van der Waals surface area contributed by atoms with Crippen molar-refractivity contribution in [1.82, 2.24) is 0 Å². The van der Waals surface area contributed by atoms with Crippen LogP contribution in [0.3, 0.4) is 0 Å². The number of anilines is 1. The number of allylic oxidation sites excluding steroid dienone is 3. The standard InChI is InChI=1S/C14H19NO2.C8H15NOS.3C2H6.CH2O/c1-15-13-8-7-12(9-14(13)17-10-16)11-5-3-2-4-6-11;1-2-3-4-5-7-11(10)8-6-9;4*1-2/h7-11,15H,2-6H2,1H3;2-5H,6-9H2,1H3;3*1-2H3;1H2/b;3-2-,5-4-;;;;. The molecule has 0 aliphatic heterocycles. The fraction of sp³-hybridized carbons (Fsp3) is 0.586. The quantitative estimate of drug-likeness (QED) is 0.265. The van der Waals surface area contributed by atoms with Crippen LogP contribution in [0.1, 0.15) is 92.1 Å². The zero-order valence-corrected chi connectivity index (χ0v) is 25.0. The lowest BCUT2D eigenvalue weighted by Crippen LogP contribution is -2.11. The van der Waals surface area contributed by atoms with Crippen molar-refractivity contribution in [3.8, 4) is 5.75 Å². The van der Waals surface area contributed by atoms with Crippen LogP contribution in [-0.2, 0) is 20.4 Å². The molecule has 36 heavy (non-hydrogen) atoms. The number of rotatable bonds is 9. The third-order valence-corrected chi connectivity index (χ3v) is 5.85. The first-order valence-corrected chi connectivity index (χ1v) is 14.7. The topological polar surface area (TPSA) is 98.5 Å². The van der Waals surface area contributed by atoms with E-state index in [1.165, 1.54) is 37.7 Å². The van der Waals surface area contributed by atoms with Gasteiger partial charge in [-0.15, -0.1) is 0 Å². The number of hydrogen-bond acceptors (Lipinski definition) is 6. The van der Waals surface area contributed by atoms with Crippen molar-refractivity contribution in [3.63, 3.8) is 0 Å². The second-order valence-electron chi connectivity index (χ2n) is 6.61. The van der Waals surface area contributed by atoms with Gasteiger partial charge in [-0.25, -0.2) is 0 Å². The van der Waals surface area contributed by atoms with Crippen LogP contribution in [0.5, 0.6) is 5.75 Å². The fourth-order valence-electron chi connectivity index (χ4n) is 3.15. The normalized spacial score (nSPS) is 12.9. The monoisotopic (exact) mass is 526 g/mol. The summed E-state index contributed by atoms with van der Waals surface area (Å²) >= 11 is 0. The van der Waals surface area contributed by atoms with E-state index in [4.69, 9.17) is 15.3 Å². The summed E-state index contributed by atoms with van der Waals surface area (Å²) in [7, 11) is 1.06. The van der Waals surface area contributed by atoms with E-state index in [0.717, 1.165) is 5.69 Å². The minimum atomic E-state index is -0.769. The highest BCUT2D eigenvalue weighted by atomic mass is 32.2. The van der Waals surface area contributed by atoms with Gasteiger partial charge in [0.15, 0.2) is 5.75 Å². The summed E-state index contributed by atoms with van der Waals surface area (Å²) in [5.41, 5.74) is 7.38. The lowest BCUT2D eigenvalue weighted by molar-refractivity contribution is -0.120. The fourth-order valence-corrected chi connectivity index (χ4v) is 3.91. The molecule has 1 aromatic carbocycles. The lowest BCUT2D eigenvalue weighted by Gasteiger charge is -2.22. The Morgan fingerprint density at radius 2 is 1.64 bits per heavy atom. The number of ether oxygens (including phenoxy) is 1. The predicted octanol–water partition coefficient (Wildman–Crippen LogP) is 7.03. The van der Waals surface area contributed by atoms with E-state index in [1.54, 1.807) is 0 Å². The molecule has 0 radical (unpaired) electrons. The van der Waals surface area contributed by atoms with Crippen molar-refractivity contribution >= 4 is 29.7 Å². The molecule has 1 fully saturated rings.